The van der Waals surface area contributed by atoms with E-state index in [0.29, 0.717) is 4.88 Å². The van der Waals surface area contributed by atoms with Crippen molar-refractivity contribution in [2.24, 2.45) is 0 Å². The van der Waals surface area contributed by atoms with Crippen LogP contribution in [-0.2, 0) is 16.6 Å². The van der Waals surface area contributed by atoms with Crippen LogP contribution in [0, 0.1) is 0 Å². The second-order valence-corrected chi connectivity index (χ2v) is 7.36. The molecule has 0 atom stereocenters. The van der Waals surface area contributed by atoms with Crippen LogP contribution in [0.5, 0.6) is 0 Å². The van der Waals surface area contributed by atoms with Gasteiger partial charge in [0.15, 0.2) is 0 Å². The molecule has 1 aromatic heterocycles. The predicted molar refractivity (Wildman–Crippen MR) is 72.1 cm³/mol. The van der Waals surface area contributed by atoms with E-state index >= 15 is 0 Å². The molecule has 1 aliphatic rings. The van der Waals surface area contributed by atoms with Gasteiger partial charge in [-0.2, -0.15) is 0 Å². The summed E-state index contributed by atoms with van der Waals surface area (Å²) in [6.07, 6.45) is 6.39. The summed E-state index contributed by atoms with van der Waals surface area (Å²) in [6, 6.07) is 1.61. The van der Waals surface area contributed by atoms with E-state index in [1.807, 2.05) is 0 Å². The van der Waals surface area contributed by atoms with Crippen LogP contribution in [0.15, 0.2) is 16.3 Å². The van der Waals surface area contributed by atoms with Gasteiger partial charge in [0.1, 0.15) is 0 Å². The number of rotatable bonds is 4. The molecule has 1 heterocycles. The molecule has 0 unspecified atom stereocenters. The molecule has 4 nitrogen and oxygen atoms in total. The fourth-order valence-corrected chi connectivity index (χ4v) is 4.96. The van der Waals surface area contributed by atoms with Gasteiger partial charge in [-0.1, -0.05) is 25.7 Å². The number of hydrogen-bond donors (Lipinski definition) is 2. The topological polar surface area (TPSA) is 66.4 Å². The number of aliphatic hydroxyl groups is 1. The molecule has 1 aliphatic carbocycles. The fourth-order valence-electron chi connectivity index (χ4n) is 2.36. The SMILES string of the molecule is O=S(=O)(NC1CCCCCC1)c1ccsc1CO. The van der Waals surface area contributed by atoms with Gasteiger partial charge in [0.05, 0.1) is 11.5 Å². The van der Waals surface area contributed by atoms with Crippen LogP contribution >= 0.6 is 11.3 Å². The lowest BCUT2D eigenvalue weighted by Gasteiger charge is -2.16. The summed E-state index contributed by atoms with van der Waals surface area (Å²) in [5.74, 6) is 0. The predicted octanol–water partition coefficient (Wildman–Crippen LogP) is 2.24. The molecular weight excluding hydrogens is 270 g/mol. The summed E-state index contributed by atoms with van der Waals surface area (Å²) >= 11 is 1.27. The average Bonchev–Trinajstić information content (AvgIpc) is 2.69. The third-order valence-corrected chi connectivity index (χ3v) is 5.95. The smallest absolute Gasteiger partial charge is 0.242 e. The van der Waals surface area contributed by atoms with Crippen LogP contribution < -0.4 is 4.72 Å². The molecule has 0 bridgehead atoms. The maximum atomic E-state index is 12.2. The maximum Gasteiger partial charge on any atom is 0.242 e. The molecule has 2 N–H and O–H groups in total. The van der Waals surface area contributed by atoms with Crippen molar-refractivity contribution in [1.82, 2.24) is 4.72 Å². The van der Waals surface area contributed by atoms with Crippen molar-refractivity contribution in [2.75, 3.05) is 0 Å². The zero-order valence-electron chi connectivity index (χ0n) is 10.3. The Bertz CT molecular complexity index is 473. The molecule has 0 amide bonds. The molecule has 1 aromatic rings. The first-order valence-electron chi connectivity index (χ1n) is 6.33. The van der Waals surface area contributed by atoms with Gasteiger partial charge in [0.2, 0.25) is 10.0 Å². The van der Waals surface area contributed by atoms with E-state index in [1.165, 1.54) is 24.2 Å². The summed E-state index contributed by atoms with van der Waals surface area (Å²) in [6.45, 7) is -0.224. The second kappa shape index (κ2) is 6.14. The molecular formula is C12H19NO3S2. The zero-order valence-corrected chi connectivity index (χ0v) is 11.9. The number of nitrogens with one attached hydrogen (secondary N) is 1. The quantitative estimate of drug-likeness (QED) is 0.835. The van der Waals surface area contributed by atoms with E-state index < -0.39 is 10.0 Å². The highest BCUT2D eigenvalue weighted by Gasteiger charge is 2.23. The van der Waals surface area contributed by atoms with Gasteiger partial charge in [-0.3, -0.25) is 0 Å². The van der Waals surface area contributed by atoms with Gasteiger partial charge < -0.3 is 5.11 Å². The van der Waals surface area contributed by atoms with E-state index in [2.05, 4.69) is 4.72 Å². The summed E-state index contributed by atoms with van der Waals surface area (Å²) in [5, 5.41) is 10.8. The summed E-state index contributed by atoms with van der Waals surface area (Å²) in [5.41, 5.74) is 0. The Labute approximate surface area is 112 Å². The number of hydrogen-bond acceptors (Lipinski definition) is 4. The largest absolute Gasteiger partial charge is 0.391 e. The lowest BCUT2D eigenvalue weighted by Crippen LogP contribution is -2.34. The van der Waals surface area contributed by atoms with Crippen LogP contribution in [-0.4, -0.2) is 19.6 Å². The second-order valence-electron chi connectivity index (χ2n) is 4.68. The molecule has 0 aromatic carbocycles. The van der Waals surface area contributed by atoms with E-state index in [0.717, 1.165) is 25.7 Å². The first-order chi connectivity index (χ1) is 8.63. The minimum Gasteiger partial charge on any atom is -0.391 e. The van der Waals surface area contributed by atoms with E-state index in [1.54, 1.807) is 11.4 Å². The van der Waals surface area contributed by atoms with Crippen molar-refractivity contribution in [3.63, 3.8) is 0 Å². The highest BCUT2D eigenvalue weighted by molar-refractivity contribution is 7.89. The standard InChI is InChI=1S/C12H19NO3S2/c14-9-11-12(7-8-17-11)18(15,16)13-10-5-3-1-2-4-6-10/h7-8,10,13-14H,1-6,9H2. The minimum atomic E-state index is -3.48. The Kier molecular flexibility index (Phi) is 4.77. The first-order valence-corrected chi connectivity index (χ1v) is 8.69. The van der Waals surface area contributed by atoms with Crippen molar-refractivity contribution < 1.29 is 13.5 Å². The van der Waals surface area contributed by atoms with Gasteiger partial charge in [-0.05, 0) is 24.3 Å². The average molecular weight is 289 g/mol. The van der Waals surface area contributed by atoms with Crippen LogP contribution in [0.4, 0.5) is 0 Å². The molecule has 0 aliphatic heterocycles. The zero-order chi connectivity index (χ0) is 13.0. The molecule has 102 valence electrons. The third kappa shape index (κ3) is 3.32. The van der Waals surface area contributed by atoms with E-state index in [4.69, 9.17) is 5.11 Å². The van der Waals surface area contributed by atoms with Crippen molar-refractivity contribution >= 4 is 21.4 Å². The van der Waals surface area contributed by atoms with Gasteiger partial charge in [-0.25, -0.2) is 13.1 Å². The van der Waals surface area contributed by atoms with Crippen molar-refractivity contribution in [2.45, 2.75) is 56.1 Å². The monoisotopic (exact) mass is 289 g/mol. The Morgan fingerprint density at radius 3 is 2.56 bits per heavy atom. The Morgan fingerprint density at radius 1 is 1.28 bits per heavy atom. The fraction of sp³-hybridized carbons (Fsp3) is 0.667. The third-order valence-electron chi connectivity index (χ3n) is 3.31. The Balaban J connectivity index is 2.11. The number of aliphatic hydroxyl groups excluding tert-OH is 1. The molecule has 1 fully saturated rings. The number of sulfonamides is 1. The van der Waals surface area contributed by atoms with Crippen LogP contribution in [0.2, 0.25) is 0 Å². The molecule has 1 saturated carbocycles. The molecule has 0 spiro atoms. The van der Waals surface area contributed by atoms with Crippen LogP contribution in [0.25, 0.3) is 0 Å². The summed E-state index contributed by atoms with van der Waals surface area (Å²) in [4.78, 5) is 0.746. The normalized spacial score (nSPS) is 18.7. The van der Waals surface area contributed by atoms with Crippen molar-refractivity contribution in [3.8, 4) is 0 Å². The lowest BCUT2D eigenvalue weighted by atomic mass is 10.1. The van der Waals surface area contributed by atoms with E-state index in [-0.39, 0.29) is 17.5 Å². The molecule has 18 heavy (non-hydrogen) atoms. The van der Waals surface area contributed by atoms with Crippen molar-refractivity contribution in [3.05, 3.63) is 16.3 Å². The lowest BCUT2D eigenvalue weighted by molar-refractivity contribution is 0.282. The summed E-state index contributed by atoms with van der Waals surface area (Å²) in [7, 11) is -3.48. The highest BCUT2D eigenvalue weighted by Crippen LogP contribution is 2.24. The molecule has 0 radical (unpaired) electrons. The van der Waals surface area contributed by atoms with Crippen LogP contribution in [0.1, 0.15) is 43.4 Å². The minimum absolute atomic E-state index is 0.0453. The Morgan fingerprint density at radius 2 is 1.94 bits per heavy atom. The summed E-state index contributed by atoms with van der Waals surface area (Å²) < 4.78 is 27.3. The van der Waals surface area contributed by atoms with Gasteiger partial charge in [-0.15, -0.1) is 11.3 Å². The maximum absolute atomic E-state index is 12.2. The van der Waals surface area contributed by atoms with Gasteiger partial charge >= 0.3 is 0 Å². The van der Waals surface area contributed by atoms with Crippen LogP contribution in [0.3, 0.4) is 0 Å². The molecule has 6 heteroatoms. The van der Waals surface area contributed by atoms with Gasteiger partial charge in [0.25, 0.3) is 0 Å². The Hall–Kier alpha value is -0.430. The number of thiophene rings is 1. The molecule has 0 saturated heterocycles. The van der Waals surface area contributed by atoms with Gasteiger partial charge in [0, 0.05) is 10.9 Å². The first kappa shape index (κ1) is 14.0. The van der Waals surface area contributed by atoms with E-state index in [9.17, 15) is 8.42 Å². The molecule has 2 rings (SSSR count). The highest BCUT2D eigenvalue weighted by atomic mass is 32.2. The van der Waals surface area contributed by atoms with Crippen molar-refractivity contribution in [1.29, 1.82) is 0 Å².